The molecule has 0 bridgehead atoms. The monoisotopic (exact) mass is 202 g/mol. The van der Waals surface area contributed by atoms with Gasteiger partial charge in [-0.05, 0) is 0 Å². The van der Waals surface area contributed by atoms with Crippen LogP contribution in [-0.2, 0) is 4.79 Å². The number of carbonyl (C=O) groups is 2. The van der Waals surface area contributed by atoms with Gasteiger partial charge in [-0.2, -0.15) is 0 Å². The van der Waals surface area contributed by atoms with Gasteiger partial charge in [-0.3, -0.25) is 0 Å². The summed E-state index contributed by atoms with van der Waals surface area (Å²) in [6.45, 7) is 0.0913. The van der Waals surface area contributed by atoms with E-state index in [-0.39, 0.29) is 19.0 Å². The van der Waals surface area contributed by atoms with E-state index >= 15 is 0 Å². The summed E-state index contributed by atoms with van der Waals surface area (Å²) in [7, 11) is 3.10. The number of aliphatic carboxylic acids is 1. The zero-order valence-electron chi connectivity index (χ0n) is 8.17. The number of carboxylic acids is 1. The van der Waals surface area contributed by atoms with E-state index in [1.54, 1.807) is 14.1 Å². The molecule has 6 nitrogen and oxygen atoms in total. The molecule has 1 fully saturated rings. The standard InChI is InChI=1S/C8H14N2O4/c1-9(2)8(14)10-4-5(11)3-6(10)7(12)13/h5-6,11H,3-4H2,1-2H3,(H,12,13)/t5-,6+/m1/s1. The first kappa shape index (κ1) is 10.8. The zero-order valence-corrected chi connectivity index (χ0v) is 8.17. The van der Waals surface area contributed by atoms with Gasteiger partial charge in [0, 0.05) is 27.1 Å². The SMILES string of the molecule is CN(C)C(=O)N1C[C@H](O)C[C@H]1C(=O)O. The van der Waals surface area contributed by atoms with Crippen LogP contribution in [0.5, 0.6) is 0 Å². The molecule has 2 amide bonds. The van der Waals surface area contributed by atoms with E-state index in [4.69, 9.17) is 5.11 Å². The van der Waals surface area contributed by atoms with E-state index in [9.17, 15) is 14.7 Å². The van der Waals surface area contributed by atoms with E-state index in [1.807, 2.05) is 0 Å². The van der Waals surface area contributed by atoms with Crippen LogP contribution in [-0.4, -0.2) is 64.8 Å². The fourth-order valence-electron chi connectivity index (χ4n) is 1.52. The molecular weight excluding hydrogens is 188 g/mol. The molecule has 14 heavy (non-hydrogen) atoms. The summed E-state index contributed by atoms with van der Waals surface area (Å²) < 4.78 is 0. The fourth-order valence-corrected chi connectivity index (χ4v) is 1.52. The second kappa shape index (κ2) is 3.83. The summed E-state index contributed by atoms with van der Waals surface area (Å²) in [5.41, 5.74) is 0. The van der Waals surface area contributed by atoms with Crippen molar-refractivity contribution in [2.24, 2.45) is 0 Å². The van der Waals surface area contributed by atoms with Crippen LogP contribution < -0.4 is 0 Å². The Kier molecular flexibility index (Phi) is 2.95. The van der Waals surface area contributed by atoms with Crippen LogP contribution in [0.4, 0.5) is 4.79 Å². The Morgan fingerprint density at radius 3 is 2.43 bits per heavy atom. The Hall–Kier alpha value is -1.30. The largest absolute Gasteiger partial charge is 0.480 e. The summed E-state index contributed by atoms with van der Waals surface area (Å²) in [5.74, 6) is -1.07. The van der Waals surface area contributed by atoms with Gasteiger partial charge >= 0.3 is 12.0 Å². The summed E-state index contributed by atoms with van der Waals surface area (Å²) in [6, 6.07) is -1.28. The van der Waals surface area contributed by atoms with Gasteiger partial charge in [0.25, 0.3) is 0 Å². The van der Waals surface area contributed by atoms with Crippen molar-refractivity contribution in [1.82, 2.24) is 9.80 Å². The Balaban J connectivity index is 2.76. The molecule has 0 radical (unpaired) electrons. The first-order valence-electron chi connectivity index (χ1n) is 4.32. The molecule has 0 aliphatic carbocycles. The van der Waals surface area contributed by atoms with E-state index in [0.29, 0.717) is 0 Å². The van der Waals surface area contributed by atoms with Gasteiger partial charge in [0.05, 0.1) is 6.10 Å². The molecule has 0 saturated carbocycles. The van der Waals surface area contributed by atoms with Crippen LogP contribution in [0, 0.1) is 0 Å². The second-order valence-corrected chi connectivity index (χ2v) is 3.57. The highest BCUT2D eigenvalue weighted by Gasteiger charge is 2.39. The molecule has 1 aliphatic heterocycles. The smallest absolute Gasteiger partial charge is 0.326 e. The van der Waals surface area contributed by atoms with E-state index in [0.717, 1.165) is 0 Å². The van der Waals surface area contributed by atoms with E-state index in [2.05, 4.69) is 0 Å². The number of carbonyl (C=O) groups excluding carboxylic acids is 1. The van der Waals surface area contributed by atoms with Gasteiger partial charge < -0.3 is 20.0 Å². The lowest BCUT2D eigenvalue weighted by Gasteiger charge is -2.24. The summed E-state index contributed by atoms with van der Waals surface area (Å²) in [6.07, 6.45) is -0.630. The van der Waals surface area contributed by atoms with Crippen molar-refractivity contribution in [2.75, 3.05) is 20.6 Å². The van der Waals surface area contributed by atoms with Gasteiger partial charge in [0.2, 0.25) is 0 Å². The highest BCUT2D eigenvalue weighted by molar-refractivity contribution is 5.83. The highest BCUT2D eigenvalue weighted by atomic mass is 16.4. The summed E-state index contributed by atoms with van der Waals surface area (Å²) >= 11 is 0. The van der Waals surface area contributed by atoms with Gasteiger partial charge in [0.1, 0.15) is 6.04 Å². The third kappa shape index (κ3) is 1.95. The fraction of sp³-hybridized carbons (Fsp3) is 0.750. The molecule has 0 aromatic heterocycles. The number of hydrogen-bond acceptors (Lipinski definition) is 3. The minimum atomic E-state index is -1.07. The van der Waals surface area contributed by atoms with Gasteiger partial charge in [-0.1, -0.05) is 0 Å². The molecule has 2 N–H and O–H groups in total. The Bertz CT molecular complexity index is 254. The number of likely N-dealkylation sites (tertiary alicyclic amines) is 1. The maximum atomic E-state index is 11.5. The third-order valence-electron chi connectivity index (χ3n) is 2.19. The molecule has 1 rings (SSSR count). The summed E-state index contributed by atoms with van der Waals surface area (Å²) in [4.78, 5) is 24.7. The number of carboxylic acid groups (broad SMARTS) is 1. The number of rotatable bonds is 1. The number of aliphatic hydroxyl groups excluding tert-OH is 1. The van der Waals surface area contributed by atoms with Crippen molar-refractivity contribution in [3.05, 3.63) is 0 Å². The molecule has 0 aromatic rings. The maximum Gasteiger partial charge on any atom is 0.326 e. The predicted molar refractivity (Wildman–Crippen MR) is 47.8 cm³/mol. The van der Waals surface area contributed by atoms with Crippen LogP contribution in [0.3, 0.4) is 0 Å². The molecule has 2 atom stereocenters. The Labute approximate surface area is 81.7 Å². The molecule has 0 spiro atoms. The van der Waals surface area contributed by atoms with Gasteiger partial charge in [-0.25, -0.2) is 9.59 Å². The van der Waals surface area contributed by atoms with Crippen LogP contribution in [0.1, 0.15) is 6.42 Å². The quantitative estimate of drug-likeness (QED) is 0.582. The number of urea groups is 1. The predicted octanol–water partition coefficient (Wildman–Crippen LogP) is -0.812. The van der Waals surface area contributed by atoms with Gasteiger partial charge in [-0.15, -0.1) is 0 Å². The average Bonchev–Trinajstić information content (AvgIpc) is 2.45. The average molecular weight is 202 g/mol. The molecule has 1 heterocycles. The van der Waals surface area contributed by atoms with Crippen LogP contribution in [0.2, 0.25) is 0 Å². The molecule has 0 aromatic carbocycles. The number of nitrogens with zero attached hydrogens (tertiary/aromatic N) is 2. The third-order valence-corrected chi connectivity index (χ3v) is 2.19. The lowest BCUT2D eigenvalue weighted by Crippen LogP contribution is -2.45. The maximum absolute atomic E-state index is 11.5. The van der Waals surface area contributed by atoms with Crippen LogP contribution in [0.15, 0.2) is 0 Å². The highest BCUT2D eigenvalue weighted by Crippen LogP contribution is 2.19. The topological polar surface area (TPSA) is 81.1 Å². The first-order chi connectivity index (χ1) is 6.43. The molecular formula is C8H14N2O4. The van der Waals surface area contributed by atoms with Crippen molar-refractivity contribution in [3.8, 4) is 0 Å². The van der Waals surface area contributed by atoms with Crippen molar-refractivity contribution >= 4 is 12.0 Å². The lowest BCUT2D eigenvalue weighted by atomic mass is 10.2. The molecule has 0 unspecified atom stereocenters. The Morgan fingerprint density at radius 2 is 2.00 bits per heavy atom. The number of amides is 2. The molecule has 1 aliphatic rings. The zero-order chi connectivity index (χ0) is 10.9. The van der Waals surface area contributed by atoms with Gasteiger partial charge in [0.15, 0.2) is 0 Å². The van der Waals surface area contributed by atoms with Crippen LogP contribution >= 0.6 is 0 Å². The first-order valence-corrected chi connectivity index (χ1v) is 4.32. The molecule has 80 valence electrons. The summed E-state index contributed by atoms with van der Waals surface area (Å²) in [5, 5.41) is 18.1. The van der Waals surface area contributed by atoms with E-state index in [1.165, 1.54) is 9.80 Å². The second-order valence-electron chi connectivity index (χ2n) is 3.57. The number of β-amino-alcohol motifs (C(OH)–C–C–N with tert-alkyl or cyclic N) is 1. The van der Waals surface area contributed by atoms with Crippen molar-refractivity contribution in [2.45, 2.75) is 18.6 Å². The minimum absolute atomic E-state index is 0.0913. The Morgan fingerprint density at radius 1 is 1.43 bits per heavy atom. The van der Waals surface area contributed by atoms with Crippen molar-refractivity contribution in [3.63, 3.8) is 0 Å². The molecule has 6 heteroatoms. The number of aliphatic hydroxyl groups is 1. The number of hydrogen-bond donors (Lipinski definition) is 2. The molecule has 1 saturated heterocycles. The van der Waals surface area contributed by atoms with Crippen molar-refractivity contribution < 1.29 is 19.8 Å². The van der Waals surface area contributed by atoms with Crippen LogP contribution in [0.25, 0.3) is 0 Å². The lowest BCUT2D eigenvalue weighted by molar-refractivity contribution is -0.141. The van der Waals surface area contributed by atoms with Crippen molar-refractivity contribution in [1.29, 1.82) is 0 Å². The normalized spacial score (nSPS) is 26.4. The minimum Gasteiger partial charge on any atom is -0.480 e. The van der Waals surface area contributed by atoms with E-state index < -0.39 is 18.1 Å².